The molecule has 0 spiro atoms. The Morgan fingerprint density at radius 1 is 1.17 bits per heavy atom. The van der Waals surface area contributed by atoms with Crippen LogP contribution in [0.5, 0.6) is 0 Å². The fourth-order valence-corrected chi connectivity index (χ4v) is 4.63. The highest BCUT2D eigenvalue weighted by molar-refractivity contribution is 6.30. The van der Waals surface area contributed by atoms with Crippen molar-refractivity contribution in [2.24, 2.45) is 16.6 Å². The minimum atomic E-state index is -0.363. The highest BCUT2D eigenvalue weighted by Crippen LogP contribution is 2.27. The molecule has 186 valence electrons. The molecule has 0 fully saturated rings. The van der Waals surface area contributed by atoms with Crippen LogP contribution in [-0.2, 0) is 4.79 Å². The van der Waals surface area contributed by atoms with E-state index < -0.39 is 0 Å². The van der Waals surface area contributed by atoms with Gasteiger partial charge in [0.2, 0.25) is 5.91 Å². The van der Waals surface area contributed by atoms with Crippen molar-refractivity contribution in [2.75, 3.05) is 7.05 Å². The molecule has 1 aromatic carbocycles. The van der Waals surface area contributed by atoms with Gasteiger partial charge in [0.1, 0.15) is 0 Å². The number of nitrogens with one attached hydrogen (secondary N) is 1. The standard InChI is InChI=1S/C27H29ClN6O2/c1-16-7-8-19(28)12-20(16)21-13-25(35)34(15-32-21)24-6-4-5-17(2)27(36)33-23(14-29)26(30-3)18-9-10-31-22(24)11-18/h7-15,17,24H,4-6,29H2,1-3H3,(H,33,36). The van der Waals surface area contributed by atoms with Gasteiger partial charge < -0.3 is 11.1 Å². The van der Waals surface area contributed by atoms with Crippen LogP contribution in [0.2, 0.25) is 5.02 Å². The normalized spacial score (nSPS) is 21.1. The van der Waals surface area contributed by atoms with E-state index in [1.54, 1.807) is 30.2 Å². The zero-order valence-corrected chi connectivity index (χ0v) is 21.3. The van der Waals surface area contributed by atoms with Gasteiger partial charge in [0, 0.05) is 47.6 Å². The van der Waals surface area contributed by atoms with Gasteiger partial charge >= 0.3 is 0 Å². The predicted octanol–water partition coefficient (Wildman–Crippen LogP) is 4.01. The number of nitrogens with zero attached hydrogens (tertiary/aromatic N) is 4. The number of allylic oxidation sites excluding steroid dienone is 1. The second kappa shape index (κ2) is 10.9. The number of hydrogen-bond donors (Lipinski definition) is 2. The molecular weight excluding hydrogens is 476 g/mol. The van der Waals surface area contributed by atoms with Crippen molar-refractivity contribution in [2.45, 2.75) is 39.2 Å². The van der Waals surface area contributed by atoms with Crippen molar-refractivity contribution in [3.8, 4) is 11.3 Å². The van der Waals surface area contributed by atoms with E-state index in [9.17, 15) is 9.59 Å². The number of amides is 1. The van der Waals surface area contributed by atoms with Crippen LogP contribution < -0.4 is 16.6 Å². The van der Waals surface area contributed by atoms with E-state index in [0.717, 1.165) is 16.7 Å². The first-order valence-electron chi connectivity index (χ1n) is 11.8. The quantitative estimate of drug-likeness (QED) is 0.547. The van der Waals surface area contributed by atoms with Crippen LogP contribution in [0.4, 0.5) is 0 Å². The lowest BCUT2D eigenvalue weighted by molar-refractivity contribution is -0.123. The maximum atomic E-state index is 13.4. The summed E-state index contributed by atoms with van der Waals surface area (Å²) < 4.78 is 1.61. The molecule has 3 heterocycles. The van der Waals surface area contributed by atoms with Gasteiger partial charge in [-0.2, -0.15) is 0 Å². The van der Waals surface area contributed by atoms with Gasteiger partial charge in [-0.25, -0.2) is 4.98 Å². The van der Waals surface area contributed by atoms with Crippen LogP contribution in [0.15, 0.2) is 70.6 Å². The third-order valence-corrected chi connectivity index (χ3v) is 6.74. The third kappa shape index (κ3) is 5.23. The molecule has 4 rings (SSSR count). The van der Waals surface area contributed by atoms with Gasteiger partial charge in [-0.15, -0.1) is 0 Å². The first-order valence-corrected chi connectivity index (χ1v) is 12.2. The van der Waals surface area contributed by atoms with Crippen LogP contribution in [0.25, 0.3) is 11.3 Å². The SMILES string of the molecule is CN=C1C(=CN)NC(=O)C(C)CCCC(n2cnc(-c3cc(Cl)ccc3C)cc2=O)c2cc1ccn2. The van der Waals surface area contributed by atoms with Crippen LogP contribution >= 0.6 is 11.6 Å². The molecule has 1 aliphatic heterocycles. The van der Waals surface area contributed by atoms with Crippen LogP contribution in [-0.4, -0.2) is 33.2 Å². The van der Waals surface area contributed by atoms with E-state index in [0.29, 0.717) is 47.1 Å². The molecule has 0 saturated heterocycles. The predicted molar refractivity (Wildman–Crippen MR) is 142 cm³/mol. The number of carbonyl (C=O) groups excluding carboxylic acids is 1. The van der Waals surface area contributed by atoms with E-state index >= 15 is 0 Å². The summed E-state index contributed by atoms with van der Waals surface area (Å²) in [7, 11) is 1.64. The summed E-state index contributed by atoms with van der Waals surface area (Å²) in [5.74, 6) is -0.369. The number of fused-ring (bicyclic) bond motifs is 2. The maximum absolute atomic E-state index is 13.4. The zero-order chi connectivity index (χ0) is 25.8. The highest BCUT2D eigenvalue weighted by atomic mass is 35.5. The summed E-state index contributed by atoms with van der Waals surface area (Å²) in [4.78, 5) is 39.7. The first kappa shape index (κ1) is 25.3. The summed E-state index contributed by atoms with van der Waals surface area (Å²) in [6.45, 7) is 3.83. The Kier molecular flexibility index (Phi) is 7.64. The number of aromatic nitrogens is 3. The molecule has 2 unspecified atom stereocenters. The Balaban J connectivity index is 1.80. The Hall–Kier alpha value is -3.78. The first-order chi connectivity index (χ1) is 17.3. The molecule has 3 N–H and O–H groups in total. The monoisotopic (exact) mass is 504 g/mol. The summed E-state index contributed by atoms with van der Waals surface area (Å²) in [6.07, 6.45) is 6.56. The van der Waals surface area contributed by atoms with Gasteiger partial charge in [-0.1, -0.05) is 31.0 Å². The fourth-order valence-electron chi connectivity index (χ4n) is 4.46. The summed E-state index contributed by atoms with van der Waals surface area (Å²) in [5.41, 5.74) is 10.4. The largest absolute Gasteiger partial charge is 0.403 e. The molecule has 0 saturated carbocycles. The van der Waals surface area contributed by atoms with Crippen LogP contribution in [0, 0.1) is 12.8 Å². The molecule has 1 aliphatic rings. The van der Waals surface area contributed by atoms with Crippen molar-refractivity contribution in [3.05, 3.63) is 93.0 Å². The zero-order valence-electron chi connectivity index (χ0n) is 20.5. The number of aryl methyl sites for hydroxylation is 1. The highest BCUT2D eigenvalue weighted by Gasteiger charge is 2.23. The third-order valence-electron chi connectivity index (χ3n) is 6.51. The molecule has 9 heteroatoms. The number of nitrogens with two attached hydrogens (primary N) is 1. The Morgan fingerprint density at radius 2 is 1.97 bits per heavy atom. The van der Waals surface area contributed by atoms with E-state index in [1.165, 1.54) is 12.3 Å². The van der Waals surface area contributed by atoms with Crippen molar-refractivity contribution in [1.82, 2.24) is 19.9 Å². The van der Waals surface area contributed by atoms with Crippen LogP contribution in [0.3, 0.4) is 0 Å². The number of carbonyl (C=O) groups is 1. The topological polar surface area (TPSA) is 115 Å². The molecule has 3 aromatic rings. The Bertz CT molecular complexity index is 1410. The average Bonchev–Trinajstić information content (AvgIpc) is 2.87. The van der Waals surface area contributed by atoms with Crippen molar-refractivity contribution in [1.29, 1.82) is 0 Å². The smallest absolute Gasteiger partial charge is 0.254 e. The van der Waals surface area contributed by atoms with Gasteiger partial charge in [-0.3, -0.25) is 24.1 Å². The molecule has 8 nitrogen and oxygen atoms in total. The summed E-state index contributed by atoms with van der Waals surface area (Å²) in [6, 6.07) is 10.4. The van der Waals surface area contributed by atoms with Crippen LogP contribution in [0.1, 0.15) is 49.0 Å². The fraction of sp³-hybridized carbons (Fsp3) is 0.296. The van der Waals surface area contributed by atoms with E-state index in [1.807, 2.05) is 38.1 Å². The minimum Gasteiger partial charge on any atom is -0.403 e. The lowest BCUT2D eigenvalue weighted by Crippen LogP contribution is -2.33. The number of halogens is 1. The Labute approximate surface area is 215 Å². The second-order valence-electron chi connectivity index (χ2n) is 8.94. The number of rotatable bonds is 2. The van der Waals surface area contributed by atoms with E-state index in [4.69, 9.17) is 17.3 Å². The number of hydrogen-bond acceptors (Lipinski definition) is 6. The molecule has 2 atom stereocenters. The summed E-state index contributed by atoms with van der Waals surface area (Å²) in [5, 5.41) is 3.48. The van der Waals surface area contributed by atoms with Gasteiger partial charge in [-0.05, 0) is 49.6 Å². The second-order valence-corrected chi connectivity index (χ2v) is 9.37. The molecular formula is C27H29ClN6O2. The Morgan fingerprint density at radius 3 is 2.69 bits per heavy atom. The molecule has 2 aromatic heterocycles. The average molecular weight is 505 g/mol. The molecule has 1 amide bonds. The number of pyridine rings is 1. The van der Waals surface area contributed by atoms with E-state index in [-0.39, 0.29) is 23.4 Å². The molecule has 0 radical (unpaired) electrons. The lowest BCUT2D eigenvalue weighted by atomic mass is 9.96. The molecule has 0 aliphatic carbocycles. The van der Waals surface area contributed by atoms with Crippen molar-refractivity contribution < 1.29 is 4.79 Å². The van der Waals surface area contributed by atoms with E-state index in [2.05, 4.69) is 20.3 Å². The van der Waals surface area contributed by atoms with Crippen molar-refractivity contribution >= 4 is 23.2 Å². The van der Waals surface area contributed by atoms with Crippen molar-refractivity contribution in [3.63, 3.8) is 0 Å². The van der Waals surface area contributed by atoms with Gasteiger partial charge in [0.25, 0.3) is 5.56 Å². The lowest BCUT2D eigenvalue weighted by Gasteiger charge is -2.23. The summed E-state index contributed by atoms with van der Waals surface area (Å²) >= 11 is 6.18. The number of aliphatic imine (C=N–C) groups is 1. The molecule has 36 heavy (non-hydrogen) atoms. The maximum Gasteiger partial charge on any atom is 0.254 e. The van der Waals surface area contributed by atoms with Gasteiger partial charge in [0.05, 0.1) is 35.2 Å². The minimum absolute atomic E-state index is 0.126. The van der Waals surface area contributed by atoms with Gasteiger partial charge in [0.15, 0.2) is 0 Å². The molecule has 2 bridgehead atoms. The number of benzene rings is 1.